The van der Waals surface area contributed by atoms with E-state index in [2.05, 4.69) is 27.5 Å². The summed E-state index contributed by atoms with van der Waals surface area (Å²) in [6.07, 6.45) is 1.53. The van der Waals surface area contributed by atoms with Gasteiger partial charge in [-0.25, -0.2) is 9.97 Å². The molecule has 2 rings (SSSR count). The number of benzene rings is 1. The number of aromatic nitrogens is 2. The zero-order valence-corrected chi connectivity index (χ0v) is 11.1. The zero-order valence-electron chi connectivity index (χ0n) is 10.3. The van der Waals surface area contributed by atoms with Crippen molar-refractivity contribution in [3.8, 4) is 0 Å². The highest BCUT2D eigenvalue weighted by atomic mass is 35.5. The van der Waals surface area contributed by atoms with E-state index in [-0.39, 0.29) is 6.04 Å². The van der Waals surface area contributed by atoms with Gasteiger partial charge in [0.2, 0.25) is 0 Å². The van der Waals surface area contributed by atoms with Crippen molar-refractivity contribution < 1.29 is 0 Å². The molecule has 0 saturated heterocycles. The predicted molar refractivity (Wildman–Crippen MR) is 75.1 cm³/mol. The second-order valence-corrected chi connectivity index (χ2v) is 4.40. The first-order valence-corrected chi connectivity index (χ1v) is 6.08. The molecule has 0 radical (unpaired) electrons. The zero-order chi connectivity index (χ0) is 13.0. The lowest BCUT2D eigenvalue weighted by atomic mass is 10.1. The molecule has 0 amide bonds. The third kappa shape index (κ3) is 3.11. The van der Waals surface area contributed by atoms with Crippen molar-refractivity contribution in [2.75, 3.05) is 17.7 Å². The fourth-order valence-electron chi connectivity index (χ4n) is 1.65. The summed E-state index contributed by atoms with van der Waals surface area (Å²) in [4.78, 5) is 8.25. The maximum absolute atomic E-state index is 5.98. The van der Waals surface area contributed by atoms with Crippen LogP contribution in [0.1, 0.15) is 18.5 Å². The number of anilines is 2. The van der Waals surface area contributed by atoms with Crippen LogP contribution >= 0.6 is 11.6 Å². The highest BCUT2D eigenvalue weighted by molar-refractivity contribution is 6.30. The Morgan fingerprint density at radius 1 is 1.17 bits per heavy atom. The van der Waals surface area contributed by atoms with Gasteiger partial charge in [-0.1, -0.05) is 23.7 Å². The maximum atomic E-state index is 5.98. The fourth-order valence-corrected chi connectivity index (χ4v) is 1.85. The first-order valence-electron chi connectivity index (χ1n) is 5.71. The van der Waals surface area contributed by atoms with Crippen LogP contribution in [-0.4, -0.2) is 17.0 Å². The van der Waals surface area contributed by atoms with E-state index in [4.69, 9.17) is 11.6 Å². The summed E-state index contributed by atoms with van der Waals surface area (Å²) in [5, 5.41) is 7.02. The largest absolute Gasteiger partial charge is 0.373 e. The molecule has 1 atom stereocenters. The topological polar surface area (TPSA) is 49.8 Å². The average molecular weight is 263 g/mol. The van der Waals surface area contributed by atoms with Crippen molar-refractivity contribution in [3.05, 3.63) is 47.2 Å². The smallest absolute Gasteiger partial charge is 0.131 e. The van der Waals surface area contributed by atoms with E-state index in [0.29, 0.717) is 0 Å². The van der Waals surface area contributed by atoms with Crippen LogP contribution in [0.2, 0.25) is 5.02 Å². The molecular formula is C13H15ClN4. The number of halogens is 1. The number of nitrogens with zero attached hydrogens (tertiary/aromatic N) is 2. The van der Waals surface area contributed by atoms with Crippen molar-refractivity contribution in [2.24, 2.45) is 0 Å². The lowest BCUT2D eigenvalue weighted by molar-refractivity contribution is 0.872. The quantitative estimate of drug-likeness (QED) is 0.887. The Morgan fingerprint density at radius 3 is 2.67 bits per heavy atom. The SMILES string of the molecule is CNc1cc(NC(C)c2cccc(Cl)c2)ncn1. The molecule has 0 aliphatic carbocycles. The molecule has 5 heteroatoms. The van der Waals surface area contributed by atoms with Crippen LogP contribution in [0.15, 0.2) is 36.7 Å². The van der Waals surface area contributed by atoms with Crippen molar-refractivity contribution >= 4 is 23.2 Å². The van der Waals surface area contributed by atoms with E-state index in [1.54, 1.807) is 0 Å². The summed E-state index contributed by atoms with van der Waals surface area (Å²) in [6, 6.07) is 9.77. The molecular weight excluding hydrogens is 248 g/mol. The third-order valence-corrected chi connectivity index (χ3v) is 2.87. The average Bonchev–Trinajstić information content (AvgIpc) is 2.39. The van der Waals surface area contributed by atoms with Crippen molar-refractivity contribution in [1.82, 2.24) is 9.97 Å². The molecule has 1 unspecified atom stereocenters. The van der Waals surface area contributed by atoms with E-state index in [1.165, 1.54) is 6.33 Å². The van der Waals surface area contributed by atoms with Gasteiger partial charge in [0.1, 0.15) is 18.0 Å². The van der Waals surface area contributed by atoms with E-state index in [1.807, 2.05) is 37.4 Å². The lowest BCUT2D eigenvalue weighted by Gasteiger charge is -2.15. The molecule has 1 aromatic carbocycles. The first kappa shape index (κ1) is 12.6. The molecule has 2 aromatic rings. The van der Waals surface area contributed by atoms with Gasteiger partial charge in [0, 0.05) is 24.2 Å². The Bertz CT molecular complexity index is 530. The van der Waals surface area contributed by atoms with E-state index >= 15 is 0 Å². The van der Waals surface area contributed by atoms with Gasteiger partial charge in [-0.05, 0) is 24.6 Å². The van der Waals surface area contributed by atoms with Crippen molar-refractivity contribution in [1.29, 1.82) is 0 Å². The van der Waals surface area contributed by atoms with Gasteiger partial charge < -0.3 is 10.6 Å². The summed E-state index contributed by atoms with van der Waals surface area (Å²) in [6.45, 7) is 2.06. The van der Waals surface area contributed by atoms with E-state index in [0.717, 1.165) is 22.2 Å². The van der Waals surface area contributed by atoms with Gasteiger partial charge in [0.15, 0.2) is 0 Å². The van der Waals surface area contributed by atoms with Crippen LogP contribution in [0.3, 0.4) is 0 Å². The lowest BCUT2D eigenvalue weighted by Crippen LogP contribution is -2.08. The molecule has 0 fully saturated rings. The standard InChI is InChI=1S/C13H15ClN4/c1-9(10-4-3-5-11(14)6-10)18-13-7-12(15-2)16-8-17-13/h3-9H,1-2H3,(H2,15,16,17,18). The van der Waals surface area contributed by atoms with Gasteiger partial charge in [0.05, 0.1) is 0 Å². The summed E-state index contributed by atoms with van der Waals surface area (Å²) >= 11 is 5.98. The number of hydrogen-bond acceptors (Lipinski definition) is 4. The first-order chi connectivity index (χ1) is 8.69. The molecule has 4 nitrogen and oxygen atoms in total. The molecule has 1 heterocycles. The Morgan fingerprint density at radius 2 is 1.94 bits per heavy atom. The van der Waals surface area contributed by atoms with Crippen LogP contribution < -0.4 is 10.6 Å². The Hall–Kier alpha value is -1.81. The van der Waals surface area contributed by atoms with Crippen LogP contribution in [0.5, 0.6) is 0 Å². The second kappa shape index (κ2) is 5.69. The van der Waals surface area contributed by atoms with Crippen LogP contribution in [0.4, 0.5) is 11.6 Å². The van der Waals surface area contributed by atoms with Crippen LogP contribution in [0.25, 0.3) is 0 Å². The Balaban J connectivity index is 2.13. The van der Waals surface area contributed by atoms with Crippen molar-refractivity contribution in [2.45, 2.75) is 13.0 Å². The molecule has 0 spiro atoms. The molecule has 1 aromatic heterocycles. The van der Waals surface area contributed by atoms with Gasteiger partial charge in [-0.3, -0.25) is 0 Å². The van der Waals surface area contributed by atoms with Gasteiger partial charge in [0.25, 0.3) is 0 Å². The molecule has 18 heavy (non-hydrogen) atoms. The minimum atomic E-state index is 0.128. The second-order valence-electron chi connectivity index (χ2n) is 3.96. The Labute approximate surface area is 111 Å². The molecule has 0 saturated carbocycles. The highest BCUT2D eigenvalue weighted by Crippen LogP contribution is 2.21. The van der Waals surface area contributed by atoms with Crippen molar-refractivity contribution in [3.63, 3.8) is 0 Å². The molecule has 0 aliphatic rings. The van der Waals surface area contributed by atoms with Crippen LogP contribution in [0, 0.1) is 0 Å². The number of hydrogen-bond donors (Lipinski definition) is 2. The minimum Gasteiger partial charge on any atom is -0.373 e. The number of rotatable bonds is 4. The highest BCUT2D eigenvalue weighted by Gasteiger charge is 2.06. The molecule has 94 valence electrons. The predicted octanol–water partition coefficient (Wildman–Crippen LogP) is 3.34. The number of nitrogens with one attached hydrogen (secondary N) is 2. The molecule has 2 N–H and O–H groups in total. The maximum Gasteiger partial charge on any atom is 0.131 e. The normalized spacial score (nSPS) is 11.9. The monoisotopic (exact) mass is 262 g/mol. The summed E-state index contributed by atoms with van der Waals surface area (Å²) in [7, 11) is 1.83. The van der Waals surface area contributed by atoms with E-state index < -0.39 is 0 Å². The van der Waals surface area contributed by atoms with Gasteiger partial charge in [-0.2, -0.15) is 0 Å². The summed E-state index contributed by atoms with van der Waals surface area (Å²) in [5.74, 6) is 1.56. The molecule has 0 aliphatic heterocycles. The van der Waals surface area contributed by atoms with E-state index in [9.17, 15) is 0 Å². The summed E-state index contributed by atoms with van der Waals surface area (Å²) in [5.41, 5.74) is 1.12. The third-order valence-electron chi connectivity index (χ3n) is 2.64. The Kier molecular flexibility index (Phi) is 3.99. The fraction of sp³-hybridized carbons (Fsp3) is 0.231. The summed E-state index contributed by atoms with van der Waals surface area (Å²) < 4.78 is 0. The van der Waals surface area contributed by atoms with Gasteiger partial charge in [-0.15, -0.1) is 0 Å². The molecule has 0 bridgehead atoms. The van der Waals surface area contributed by atoms with Gasteiger partial charge >= 0.3 is 0 Å². The minimum absolute atomic E-state index is 0.128. The van der Waals surface area contributed by atoms with Crippen LogP contribution in [-0.2, 0) is 0 Å².